The number of fused-ring (bicyclic) bond motifs is 1. The van der Waals surface area contributed by atoms with Crippen molar-refractivity contribution in [2.24, 2.45) is 0 Å². The van der Waals surface area contributed by atoms with E-state index in [1.165, 1.54) is 10.5 Å². The summed E-state index contributed by atoms with van der Waals surface area (Å²) in [5.41, 5.74) is 0.778. The SMILES string of the molecule is COc1ccc2c(c1)SCC(NC(=O)OC(C)(C)C)C2. The Bertz CT molecular complexity index is 496. The molecule has 0 aromatic heterocycles. The van der Waals surface area contributed by atoms with Gasteiger partial charge in [-0.3, -0.25) is 0 Å². The Morgan fingerprint density at radius 3 is 2.80 bits per heavy atom. The largest absolute Gasteiger partial charge is 0.497 e. The average Bonchev–Trinajstić information content (AvgIpc) is 2.35. The van der Waals surface area contributed by atoms with Crippen molar-refractivity contribution in [2.45, 2.75) is 43.7 Å². The number of benzene rings is 1. The third kappa shape index (κ3) is 4.07. The standard InChI is InChI=1S/C15H21NO3S/c1-15(2,3)19-14(17)16-11-7-10-5-6-12(18-4)8-13(10)20-9-11/h5-6,8,11H,7,9H2,1-4H3,(H,16,17). The Morgan fingerprint density at radius 2 is 2.15 bits per heavy atom. The molecule has 0 spiro atoms. The van der Waals surface area contributed by atoms with E-state index in [0.717, 1.165) is 17.9 Å². The summed E-state index contributed by atoms with van der Waals surface area (Å²) in [6, 6.07) is 6.17. The molecule has 1 aromatic carbocycles. The van der Waals surface area contributed by atoms with Crippen molar-refractivity contribution in [3.05, 3.63) is 23.8 Å². The van der Waals surface area contributed by atoms with Crippen molar-refractivity contribution in [3.63, 3.8) is 0 Å². The molecular formula is C15H21NO3S. The molecule has 0 aliphatic carbocycles. The number of rotatable bonds is 2. The number of hydrogen-bond acceptors (Lipinski definition) is 4. The monoisotopic (exact) mass is 295 g/mol. The Morgan fingerprint density at radius 1 is 1.40 bits per heavy atom. The molecule has 1 heterocycles. The van der Waals surface area contributed by atoms with E-state index in [9.17, 15) is 4.79 Å². The van der Waals surface area contributed by atoms with Crippen LogP contribution in [0, 0.1) is 0 Å². The zero-order chi connectivity index (χ0) is 14.8. The molecule has 4 nitrogen and oxygen atoms in total. The van der Waals surface area contributed by atoms with Gasteiger partial charge in [0.05, 0.1) is 7.11 Å². The van der Waals surface area contributed by atoms with Gasteiger partial charge in [0.15, 0.2) is 0 Å². The predicted octanol–water partition coefficient (Wildman–Crippen LogP) is 3.24. The van der Waals surface area contributed by atoms with Gasteiger partial charge in [-0.05, 0) is 44.9 Å². The summed E-state index contributed by atoms with van der Waals surface area (Å²) in [6.07, 6.45) is 0.478. The van der Waals surface area contributed by atoms with Crippen molar-refractivity contribution < 1.29 is 14.3 Å². The molecule has 0 radical (unpaired) electrons. The molecule has 2 rings (SSSR count). The average molecular weight is 295 g/mol. The molecule has 1 aliphatic rings. The summed E-state index contributed by atoms with van der Waals surface area (Å²) in [7, 11) is 1.67. The summed E-state index contributed by atoms with van der Waals surface area (Å²) >= 11 is 1.74. The summed E-state index contributed by atoms with van der Waals surface area (Å²) in [4.78, 5) is 13.0. The molecule has 20 heavy (non-hydrogen) atoms. The maximum absolute atomic E-state index is 11.8. The summed E-state index contributed by atoms with van der Waals surface area (Å²) in [5.74, 6) is 1.72. The molecule has 1 N–H and O–H groups in total. The highest BCUT2D eigenvalue weighted by Gasteiger charge is 2.23. The third-order valence-electron chi connectivity index (χ3n) is 2.90. The Hall–Kier alpha value is -1.36. The second-order valence-electron chi connectivity index (χ2n) is 5.83. The van der Waals surface area contributed by atoms with E-state index in [0.29, 0.717) is 0 Å². The van der Waals surface area contributed by atoms with Crippen molar-refractivity contribution in [1.82, 2.24) is 5.32 Å². The van der Waals surface area contributed by atoms with E-state index in [2.05, 4.69) is 11.4 Å². The first kappa shape index (κ1) is 15.0. The fourth-order valence-electron chi connectivity index (χ4n) is 2.05. The van der Waals surface area contributed by atoms with Gasteiger partial charge in [0.2, 0.25) is 0 Å². The third-order valence-corrected chi connectivity index (χ3v) is 4.16. The van der Waals surface area contributed by atoms with Crippen LogP contribution >= 0.6 is 11.8 Å². The summed E-state index contributed by atoms with van der Waals surface area (Å²) in [5, 5.41) is 2.93. The highest BCUT2D eigenvalue weighted by Crippen LogP contribution is 2.33. The van der Waals surface area contributed by atoms with Crippen LogP contribution in [0.4, 0.5) is 4.79 Å². The van der Waals surface area contributed by atoms with Crippen molar-refractivity contribution in [3.8, 4) is 5.75 Å². The van der Waals surface area contributed by atoms with Gasteiger partial charge in [-0.15, -0.1) is 11.8 Å². The first-order valence-corrected chi connectivity index (χ1v) is 7.65. The minimum absolute atomic E-state index is 0.107. The number of thioether (sulfide) groups is 1. The number of methoxy groups -OCH3 is 1. The van der Waals surface area contributed by atoms with Gasteiger partial charge >= 0.3 is 6.09 Å². The zero-order valence-corrected chi connectivity index (χ0v) is 13.2. The van der Waals surface area contributed by atoms with Crippen LogP contribution in [0.5, 0.6) is 5.75 Å². The van der Waals surface area contributed by atoms with Gasteiger partial charge in [0, 0.05) is 16.7 Å². The van der Waals surface area contributed by atoms with E-state index in [1.54, 1.807) is 18.9 Å². The molecule has 1 amide bonds. The van der Waals surface area contributed by atoms with E-state index in [1.807, 2.05) is 32.9 Å². The van der Waals surface area contributed by atoms with Crippen LogP contribution in [-0.4, -0.2) is 30.6 Å². The van der Waals surface area contributed by atoms with Gasteiger partial charge in [-0.1, -0.05) is 6.07 Å². The minimum atomic E-state index is -0.461. The number of amides is 1. The molecule has 110 valence electrons. The lowest BCUT2D eigenvalue weighted by atomic mass is 10.1. The number of nitrogens with one attached hydrogen (secondary N) is 1. The van der Waals surface area contributed by atoms with Crippen LogP contribution < -0.4 is 10.1 Å². The fourth-order valence-corrected chi connectivity index (χ4v) is 3.16. The molecule has 0 bridgehead atoms. The Labute approximate surface area is 124 Å². The van der Waals surface area contributed by atoms with Gasteiger partial charge in [-0.2, -0.15) is 0 Å². The Kier molecular flexibility index (Phi) is 4.48. The highest BCUT2D eigenvalue weighted by atomic mass is 32.2. The van der Waals surface area contributed by atoms with Crippen molar-refractivity contribution >= 4 is 17.9 Å². The lowest BCUT2D eigenvalue weighted by Crippen LogP contribution is -2.42. The van der Waals surface area contributed by atoms with Crippen LogP contribution in [0.3, 0.4) is 0 Å². The molecular weight excluding hydrogens is 274 g/mol. The number of hydrogen-bond donors (Lipinski definition) is 1. The maximum Gasteiger partial charge on any atom is 0.407 e. The second kappa shape index (κ2) is 5.95. The maximum atomic E-state index is 11.8. The van der Waals surface area contributed by atoms with Gasteiger partial charge in [-0.25, -0.2) is 4.79 Å². The predicted molar refractivity (Wildman–Crippen MR) is 80.6 cm³/mol. The normalized spacial score (nSPS) is 18.1. The molecule has 5 heteroatoms. The van der Waals surface area contributed by atoms with Crippen LogP contribution in [0.15, 0.2) is 23.1 Å². The number of carbonyl (C=O) groups is 1. The number of ether oxygens (including phenoxy) is 2. The highest BCUT2D eigenvalue weighted by molar-refractivity contribution is 7.99. The van der Waals surface area contributed by atoms with E-state index in [-0.39, 0.29) is 12.1 Å². The second-order valence-corrected chi connectivity index (χ2v) is 6.89. The van der Waals surface area contributed by atoms with Crippen molar-refractivity contribution in [2.75, 3.05) is 12.9 Å². The van der Waals surface area contributed by atoms with E-state index >= 15 is 0 Å². The van der Waals surface area contributed by atoms with Gasteiger partial charge < -0.3 is 14.8 Å². The quantitative estimate of drug-likeness (QED) is 0.910. The van der Waals surface area contributed by atoms with Crippen LogP contribution in [-0.2, 0) is 11.2 Å². The van der Waals surface area contributed by atoms with Gasteiger partial charge in [0.1, 0.15) is 11.4 Å². The smallest absolute Gasteiger partial charge is 0.407 e. The molecule has 1 atom stereocenters. The van der Waals surface area contributed by atoms with E-state index in [4.69, 9.17) is 9.47 Å². The minimum Gasteiger partial charge on any atom is -0.497 e. The molecule has 1 aliphatic heterocycles. The lowest BCUT2D eigenvalue weighted by Gasteiger charge is -2.27. The van der Waals surface area contributed by atoms with Crippen LogP contribution in [0.25, 0.3) is 0 Å². The molecule has 1 aromatic rings. The molecule has 0 saturated carbocycles. The van der Waals surface area contributed by atoms with Gasteiger partial charge in [0.25, 0.3) is 0 Å². The Balaban J connectivity index is 1.96. The van der Waals surface area contributed by atoms with Crippen LogP contribution in [0.2, 0.25) is 0 Å². The number of alkyl carbamates (subject to hydrolysis) is 1. The molecule has 1 unspecified atom stereocenters. The number of carbonyl (C=O) groups excluding carboxylic acids is 1. The molecule has 0 fully saturated rings. The van der Waals surface area contributed by atoms with Crippen LogP contribution in [0.1, 0.15) is 26.3 Å². The topological polar surface area (TPSA) is 47.6 Å². The first-order chi connectivity index (χ1) is 9.37. The zero-order valence-electron chi connectivity index (χ0n) is 12.4. The lowest BCUT2D eigenvalue weighted by molar-refractivity contribution is 0.0509. The van der Waals surface area contributed by atoms with Crippen molar-refractivity contribution in [1.29, 1.82) is 0 Å². The van der Waals surface area contributed by atoms with E-state index < -0.39 is 5.60 Å². The summed E-state index contributed by atoms with van der Waals surface area (Å²) < 4.78 is 10.5. The summed E-state index contributed by atoms with van der Waals surface area (Å²) in [6.45, 7) is 5.59. The fraction of sp³-hybridized carbons (Fsp3) is 0.533. The first-order valence-electron chi connectivity index (χ1n) is 6.66. The molecule has 0 saturated heterocycles.